The molecule has 1 amide bonds. The summed E-state index contributed by atoms with van der Waals surface area (Å²) >= 11 is 0. The first kappa shape index (κ1) is 16.4. The van der Waals surface area contributed by atoms with E-state index in [9.17, 15) is 13.2 Å². The summed E-state index contributed by atoms with van der Waals surface area (Å²) in [6, 6.07) is 0. The first-order chi connectivity index (χ1) is 9.03. The van der Waals surface area contributed by atoms with Crippen LogP contribution in [0.4, 0.5) is 0 Å². The van der Waals surface area contributed by atoms with Crippen molar-refractivity contribution in [3.8, 4) is 0 Å². The zero-order valence-electron chi connectivity index (χ0n) is 11.7. The number of sulfone groups is 1. The maximum atomic E-state index is 11.5. The smallest absolute Gasteiger partial charge is 0.235 e. The zero-order chi connectivity index (χ0) is 14.1. The monoisotopic (exact) mass is 291 g/mol. The minimum Gasteiger partial charge on any atom is -0.384 e. The number of methoxy groups -OCH3 is 1. The molecule has 1 aliphatic rings. The van der Waals surface area contributed by atoms with Crippen LogP contribution < -0.4 is 5.32 Å². The Morgan fingerprint density at radius 2 is 1.95 bits per heavy atom. The van der Waals surface area contributed by atoms with Crippen LogP contribution in [-0.4, -0.2) is 46.1 Å². The molecule has 19 heavy (non-hydrogen) atoms. The van der Waals surface area contributed by atoms with Crippen LogP contribution in [0.15, 0.2) is 0 Å². The van der Waals surface area contributed by atoms with Crippen molar-refractivity contribution in [2.75, 3.05) is 31.8 Å². The lowest BCUT2D eigenvalue weighted by Gasteiger charge is -2.21. The number of carbonyl (C=O) groups is 1. The predicted molar refractivity (Wildman–Crippen MR) is 74.7 cm³/mol. The first-order valence-electron chi connectivity index (χ1n) is 6.99. The number of nitrogens with one attached hydrogen (secondary N) is 1. The standard InChI is InChI=1S/C13H25NO4S/c1-18-9-10-19(16,17)11-13(15)14-8-7-12-5-3-2-4-6-12/h12H,2-11H2,1H3,(H,14,15). The van der Waals surface area contributed by atoms with Gasteiger partial charge in [-0.05, 0) is 12.3 Å². The van der Waals surface area contributed by atoms with Gasteiger partial charge < -0.3 is 10.1 Å². The van der Waals surface area contributed by atoms with Crippen LogP contribution in [0, 0.1) is 5.92 Å². The highest BCUT2D eigenvalue weighted by Gasteiger charge is 2.17. The molecule has 0 atom stereocenters. The second kappa shape index (κ2) is 8.53. The summed E-state index contributed by atoms with van der Waals surface area (Å²) in [7, 11) is -1.89. The van der Waals surface area contributed by atoms with Crippen LogP contribution in [0.5, 0.6) is 0 Å². The summed E-state index contributed by atoms with van der Waals surface area (Å²) in [6.45, 7) is 0.723. The minimum absolute atomic E-state index is 0.0977. The van der Waals surface area contributed by atoms with Gasteiger partial charge in [-0.25, -0.2) is 8.42 Å². The fourth-order valence-electron chi connectivity index (χ4n) is 2.42. The number of ether oxygens (including phenoxy) is 1. The van der Waals surface area contributed by atoms with Crippen molar-refractivity contribution in [3.05, 3.63) is 0 Å². The van der Waals surface area contributed by atoms with Crippen LogP contribution in [0.25, 0.3) is 0 Å². The lowest BCUT2D eigenvalue weighted by molar-refractivity contribution is -0.118. The Labute approximate surface area is 116 Å². The number of amides is 1. The molecule has 1 N–H and O–H groups in total. The van der Waals surface area contributed by atoms with Crippen molar-refractivity contribution in [1.82, 2.24) is 5.32 Å². The molecule has 0 unspecified atom stereocenters. The minimum atomic E-state index is -3.34. The van der Waals surface area contributed by atoms with E-state index in [0.717, 1.165) is 6.42 Å². The molecule has 1 aliphatic carbocycles. The highest BCUT2D eigenvalue weighted by molar-refractivity contribution is 7.92. The summed E-state index contributed by atoms with van der Waals surface area (Å²) in [6.07, 6.45) is 7.32. The Hall–Kier alpha value is -0.620. The molecule has 0 radical (unpaired) electrons. The van der Waals surface area contributed by atoms with Gasteiger partial charge in [-0.1, -0.05) is 32.1 Å². The molecule has 5 nitrogen and oxygen atoms in total. The number of hydrogen-bond acceptors (Lipinski definition) is 4. The van der Waals surface area contributed by atoms with E-state index in [4.69, 9.17) is 4.74 Å². The second-order valence-corrected chi connectivity index (χ2v) is 7.41. The maximum Gasteiger partial charge on any atom is 0.235 e. The molecule has 1 saturated carbocycles. The highest BCUT2D eigenvalue weighted by atomic mass is 32.2. The van der Waals surface area contributed by atoms with E-state index >= 15 is 0 Å². The Morgan fingerprint density at radius 3 is 2.58 bits per heavy atom. The van der Waals surface area contributed by atoms with Crippen LogP contribution in [-0.2, 0) is 19.4 Å². The number of carbonyl (C=O) groups excluding carboxylic acids is 1. The van der Waals surface area contributed by atoms with Gasteiger partial charge in [-0.3, -0.25) is 4.79 Å². The molecular weight excluding hydrogens is 266 g/mol. The van der Waals surface area contributed by atoms with Gasteiger partial charge in [0.25, 0.3) is 0 Å². The van der Waals surface area contributed by atoms with Gasteiger partial charge >= 0.3 is 0 Å². The van der Waals surface area contributed by atoms with Crippen molar-refractivity contribution >= 4 is 15.7 Å². The molecule has 0 aromatic rings. The van der Waals surface area contributed by atoms with Crippen molar-refractivity contribution in [2.24, 2.45) is 5.92 Å². The van der Waals surface area contributed by atoms with Crippen LogP contribution in [0.1, 0.15) is 38.5 Å². The SMILES string of the molecule is COCCS(=O)(=O)CC(=O)NCCC1CCCCC1. The lowest BCUT2D eigenvalue weighted by atomic mass is 9.87. The average molecular weight is 291 g/mol. The molecule has 1 fully saturated rings. The Bertz CT molecular complexity index is 361. The van der Waals surface area contributed by atoms with E-state index in [1.54, 1.807) is 0 Å². The average Bonchev–Trinajstić information content (AvgIpc) is 2.37. The van der Waals surface area contributed by atoms with Gasteiger partial charge in [0, 0.05) is 13.7 Å². The van der Waals surface area contributed by atoms with E-state index in [-0.39, 0.29) is 12.4 Å². The fraction of sp³-hybridized carbons (Fsp3) is 0.923. The van der Waals surface area contributed by atoms with Crippen molar-refractivity contribution < 1.29 is 17.9 Å². The third-order valence-electron chi connectivity index (χ3n) is 3.55. The molecule has 6 heteroatoms. The van der Waals surface area contributed by atoms with Crippen LogP contribution >= 0.6 is 0 Å². The van der Waals surface area contributed by atoms with E-state index in [1.807, 2.05) is 0 Å². The molecule has 1 rings (SSSR count). The highest BCUT2D eigenvalue weighted by Crippen LogP contribution is 2.25. The lowest BCUT2D eigenvalue weighted by Crippen LogP contribution is -2.33. The Kier molecular flexibility index (Phi) is 7.38. The second-order valence-electron chi connectivity index (χ2n) is 5.23. The predicted octanol–water partition coefficient (Wildman–Crippen LogP) is 1.13. The number of hydrogen-bond donors (Lipinski definition) is 1. The molecule has 0 aromatic carbocycles. The largest absolute Gasteiger partial charge is 0.384 e. The third kappa shape index (κ3) is 7.52. The van der Waals surface area contributed by atoms with E-state index < -0.39 is 21.5 Å². The van der Waals surface area contributed by atoms with Gasteiger partial charge in [-0.2, -0.15) is 0 Å². The third-order valence-corrected chi connectivity index (χ3v) is 5.04. The molecular formula is C13H25NO4S. The van der Waals surface area contributed by atoms with Crippen molar-refractivity contribution in [3.63, 3.8) is 0 Å². The van der Waals surface area contributed by atoms with Gasteiger partial charge in [0.05, 0.1) is 12.4 Å². The van der Waals surface area contributed by atoms with Crippen LogP contribution in [0.3, 0.4) is 0 Å². The maximum absolute atomic E-state index is 11.5. The summed E-state index contributed by atoms with van der Waals surface area (Å²) < 4.78 is 27.8. The van der Waals surface area contributed by atoms with Crippen molar-refractivity contribution in [2.45, 2.75) is 38.5 Å². The Morgan fingerprint density at radius 1 is 1.26 bits per heavy atom. The quantitative estimate of drug-likeness (QED) is 0.728. The fourth-order valence-corrected chi connectivity index (χ4v) is 3.49. The van der Waals surface area contributed by atoms with E-state index in [0.29, 0.717) is 12.5 Å². The van der Waals surface area contributed by atoms with Crippen LogP contribution in [0.2, 0.25) is 0 Å². The summed E-state index contributed by atoms with van der Waals surface area (Å²) in [5.41, 5.74) is 0. The van der Waals surface area contributed by atoms with Gasteiger partial charge in [0.1, 0.15) is 5.75 Å². The molecule has 0 saturated heterocycles. The molecule has 0 aliphatic heterocycles. The molecule has 0 aromatic heterocycles. The summed E-state index contributed by atoms with van der Waals surface area (Å²) in [5.74, 6) is -0.230. The normalized spacial score (nSPS) is 17.3. The number of rotatable bonds is 8. The first-order valence-corrected chi connectivity index (χ1v) is 8.81. The summed E-state index contributed by atoms with van der Waals surface area (Å²) in [5, 5.41) is 2.70. The van der Waals surface area contributed by atoms with E-state index in [1.165, 1.54) is 39.2 Å². The zero-order valence-corrected chi connectivity index (χ0v) is 12.5. The van der Waals surface area contributed by atoms with E-state index in [2.05, 4.69) is 5.32 Å². The molecule has 0 heterocycles. The molecule has 0 bridgehead atoms. The van der Waals surface area contributed by atoms with Gasteiger partial charge in [-0.15, -0.1) is 0 Å². The Balaban J connectivity index is 2.16. The molecule has 0 spiro atoms. The van der Waals surface area contributed by atoms with Crippen molar-refractivity contribution in [1.29, 1.82) is 0 Å². The van der Waals surface area contributed by atoms with Gasteiger partial charge in [0.15, 0.2) is 9.84 Å². The summed E-state index contributed by atoms with van der Waals surface area (Å²) in [4.78, 5) is 11.5. The molecule has 112 valence electrons. The van der Waals surface area contributed by atoms with Gasteiger partial charge in [0.2, 0.25) is 5.91 Å². The topological polar surface area (TPSA) is 72.5 Å².